The largest absolute Gasteiger partial charge is 0.357 e. The van der Waals surface area contributed by atoms with E-state index in [4.69, 9.17) is 0 Å². The highest BCUT2D eigenvalue weighted by molar-refractivity contribution is 7.92. The molecule has 10 heteroatoms. The normalized spacial score (nSPS) is 12.0. The first-order valence-corrected chi connectivity index (χ1v) is 11.7. The smallest absolute Gasteiger partial charge is 0.262 e. The molecule has 3 rings (SSSR count). The molecule has 0 aliphatic rings. The highest BCUT2D eigenvalue weighted by atomic mass is 32.2. The number of aryl methyl sites for hydroxylation is 2. The Labute approximate surface area is 196 Å². The van der Waals surface area contributed by atoms with E-state index in [9.17, 15) is 26.8 Å². The summed E-state index contributed by atoms with van der Waals surface area (Å²) in [6.07, 6.45) is 0. The molecule has 0 aliphatic carbocycles. The topological polar surface area (TPSA) is 104 Å². The van der Waals surface area contributed by atoms with Crippen LogP contribution in [0.4, 0.5) is 14.5 Å². The van der Waals surface area contributed by atoms with Crippen LogP contribution in [0.15, 0.2) is 65.6 Å². The van der Waals surface area contributed by atoms with Gasteiger partial charge in [-0.15, -0.1) is 0 Å². The van der Waals surface area contributed by atoms with Crippen LogP contribution in [0.1, 0.15) is 33.1 Å². The second-order valence-corrected chi connectivity index (χ2v) is 9.30. The second-order valence-electron chi connectivity index (χ2n) is 7.65. The van der Waals surface area contributed by atoms with Gasteiger partial charge in [0.25, 0.3) is 15.9 Å². The summed E-state index contributed by atoms with van der Waals surface area (Å²) < 4.78 is 55.2. The van der Waals surface area contributed by atoms with Crippen molar-refractivity contribution >= 4 is 27.5 Å². The fourth-order valence-electron chi connectivity index (χ4n) is 3.28. The first-order valence-electron chi connectivity index (χ1n) is 10.2. The summed E-state index contributed by atoms with van der Waals surface area (Å²) in [4.78, 5) is 25.3. The van der Waals surface area contributed by atoms with Crippen LogP contribution in [0, 0.1) is 25.5 Å². The molecule has 0 bridgehead atoms. The lowest BCUT2D eigenvalue weighted by molar-refractivity contribution is -0.122. The molecule has 178 valence electrons. The molecule has 1 unspecified atom stereocenters. The standard InChI is InChI=1S/C24H23F2N3O4S/c1-14-7-8-15(2)21(11-14)34(32,33)29-18-6-4-5-17(12-18)23(30)28-22(24(31)27-3)16-9-10-19(25)20(26)13-16/h4-13,22,29H,1-3H3,(H,27,31)(H,28,30). The minimum atomic E-state index is -3.92. The Morgan fingerprint density at radius 1 is 0.912 bits per heavy atom. The summed E-state index contributed by atoms with van der Waals surface area (Å²) in [5.74, 6) is -3.62. The van der Waals surface area contributed by atoms with Gasteiger partial charge in [-0.3, -0.25) is 14.3 Å². The second kappa shape index (κ2) is 10.0. The summed E-state index contributed by atoms with van der Waals surface area (Å²) >= 11 is 0. The number of hydrogen-bond donors (Lipinski definition) is 3. The van der Waals surface area contributed by atoms with Crippen LogP contribution >= 0.6 is 0 Å². The SMILES string of the molecule is CNC(=O)C(NC(=O)c1cccc(NS(=O)(=O)c2cc(C)ccc2C)c1)c1ccc(F)c(F)c1. The van der Waals surface area contributed by atoms with Crippen LogP contribution in [-0.2, 0) is 14.8 Å². The lowest BCUT2D eigenvalue weighted by Gasteiger charge is -2.18. The van der Waals surface area contributed by atoms with Crippen molar-refractivity contribution in [2.24, 2.45) is 0 Å². The molecule has 7 nitrogen and oxygen atoms in total. The van der Waals surface area contributed by atoms with Crippen molar-refractivity contribution in [2.75, 3.05) is 11.8 Å². The molecule has 0 saturated carbocycles. The predicted octanol–water partition coefficient (Wildman–Crippen LogP) is 3.60. The number of likely N-dealkylation sites (N-methyl/N-ethyl adjacent to an activating group) is 1. The quantitative estimate of drug-likeness (QED) is 0.474. The molecule has 2 amide bonds. The van der Waals surface area contributed by atoms with Gasteiger partial charge in [-0.1, -0.05) is 24.3 Å². The van der Waals surface area contributed by atoms with Crippen molar-refractivity contribution in [3.05, 3.63) is 94.6 Å². The minimum Gasteiger partial charge on any atom is -0.357 e. The molecular formula is C24H23F2N3O4S. The van der Waals surface area contributed by atoms with Crippen LogP contribution in [-0.4, -0.2) is 27.3 Å². The molecule has 3 N–H and O–H groups in total. The van der Waals surface area contributed by atoms with E-state index >= 15 is 0 Å². The molecular weight excluding hydrogens is 464 g/mol. The Morgan fingerprint density at radius 2 is 1.65 bits per heavy atom. The van der Waals surface area contributed by atoms with Gasteiger partial charge in [-0.25, -0.2) is 17.2 Å². The van der Waals surface area contributed by atoms with Crippen LogP contribution in [0.5, 0.6) is 0 Å². The Morgan fingerprint density at radius 3 is 2.32 bits per heavy atom. The zero-order chi connectivity index (χ0) is 25.0. The maximum absolute atomic E-state index is 13.7. The van der Waals surface area contributed by atoms with Crippen molar-refractivity contribution in [1.82, 2.24) is 10.6 Å². The molecule has 1 atom stereocenters. The number of sulfonamides is 1. The molecule has 0 heterocycles. The number of hydrogen-bond acceptors (Lipinski definition) is 4. The van der Waals surface area contributed by atoms with Crippen LogP contribution < -0.4 is 15.4 Å². The van der Waals surface area contributed by atoms with Crippen molar-refractivity contribution in [3.63, 3.8) is 0 Å². The Hall–Kier alpha value is -3.79. The number of benzene rings is 3. The summed E-state index contributed by atoms with van der Waals surface area (Å²) in [6, 6.07) is 12.3. The summed E-state index contributed by atoms with van der Waals surface area (Å²) in [7, 11) is -2.59. The van der Waals surface area contributed by atoms with Crippen LogP contribution in [0.3, 0.4) is 0 Å². The van der Waals surface area contributed by atoms with E-state index in [1.165, 1.54) is 37.4 Å². The van der Waals surface area contributed by atoms with Crippen molar-refractivity contribution in [1.29, 1.82) is 0 Å². The Bertz CT molecular complexity index is 1360. The maximum Gasteiger partial charge on any atom is 0.262 e. The molecule has 3 aromatic carbocycles. The van der Waals surface area contributed by atoms with Crippen molar-refractivity contribution < 1.29 is 26.8 Å². The number of nitrogens with one attached hydrogen (secondary N) is 3. The average Bonchev–Trinajstić information content (AvgIpc) is 2.80. The van der Waals surface area contributed by atoms with Crippen molar-refractivity contribution in [2.45, 2.75) is 24.8 Å². The summed E-state index contributed by atoms with van der Waals surface area (Å²) in [6.45, 7) is 3.45. The number of carbonyl (C=O) groups is 2. The number of rotatable bonds is 7. The van der Waals surface area contributed by atoms with E-state index in [-0.39, 0.29) is 21.7 Å². The molecule has 0 aromatic heterocycles. The van der Waals surface area contributed by atoms with Gasteiger partial charge in [0.1, 0.15) is 6.04 Å². The van der Waals surface area contributed by atoms with Gasteiger partial charge in [0.2, 0.25) is 5.91 Å². The zero-order valence-corrected chi connectivity index (χ0v) is 19.5. The third-order valence-electron chi connectivity index (χ3n) is 5.07. The summed E-state index contributed by atoms with van der Waals surface area (Å²) in [5.41, 5.74) is 1.57. The fourth-order valence-corrected chi connectivity index (χ4v) is 4.66. The third-order valence-corrected chi connectivity index (χ3v) is 6.59. The highest BCUT2D eigenvalue weighted by Crippen LogP contribution is 2.22. The maximum atomic E-state index is 13.7. The van der Waals surface area contributed by atoms with Gasteiger partial charge in [0, 0.05) is 18.3 Å². The molecule has 0 fully saturated rings. The Balaban J connectivity index is 1.86. The van der Waals surface area contributed by atoms with Gasteiger partial charge in [0.15, 0.2) is 11.6 Å². The van der Waals surface area contributed by atoms with E-state index in [1.54, 1.807) is 32.0 Å². The number of carbonyl (C=O) groups excluding carboxylic acids is 2. The van der Waals surface area contributed by atoms with Gasteiger partial charge < -0.3 is 10.6 Å². The predicted molar refractivity (Wildman–Crippen MR) is 124 cm³/mol. The van der Waals surface area contributed by atoms with E-state index in [1.807, 2.05) is 0 Å². The fraction of sp³-hybridized carbons (Fsp3) is 0.167. The van der Waals surface area contributed by atoms with Crippen molar-refractivity contribution in [3.8, 4) is 0 Å². The molecule has 34 heavy (non-hydrogen) atoms. The Kier molecular flexibility index (Phi) is 7.31. The van der Waals surface area contributed by atoms with E-state index < -0.39 is 39.5 Å². The zero-order valence-electron chi connectivity index (χ0n) is 18.6. The first kappa shape index (κ1) is 24.8. The van der Waals surface area contributed by atoms with Gasteiger partial charge in [-0.05, 0) is 66.9 Å². The molecule has 3 aromatic rings. The van der Waals surface area contributed by atoms with E-state index in [2.05, 4.69) is 15.4 Å². The number of anilines is 1. The number of halogens is 2. The van der Waals surface area contributed by atoms with E-state index in [0.29, 0.717) is 5.56 Å². The van der Waals surface area contributed by atoms with Gasteiger partial charge in [-0.2, -0.15) is 0 Å². The highest BCUT2D eigenvalue weighted by Gasteiger charge is 2.24. The van der Waals surface area contributed by atoms with E-state index in [0.717, 1.165) is 17.7 Å². The van der Waals surface area contributed by atoms with Crippen LogP contribution in [0.25, 0.3) is 0 Å². The monoisotopic (exact) mass is 487 g/mol. The van der Waals surface area contributed by atoms with Crippen LogP contribution in [0.2, 0.25) is 0 Å². The minimum absolute atomic E-state index is 0.0402. The third kappa shape index (κ3) is 5.57. The molecule has 0 spiro atoms. The molecule has 0 radical (unpaired) electrons. The first-order chi connectivity index (χ1) is 16.0. The van der Waals surface area contributed by atoms with Gasteiger partial charge >= 0.3 is 0 Å². The van der Waals surface area contributed by atoms with Gasteiger partial charge in [0.05, 0.1) is 4.90 Å². The average molecular weight is 488 g/mol. The molecule has 0 saturated heterocycles. The molecule has 0 aliphatic heterocycles. The lowest BCUT2D eigenvalue weighted by atomic mass is 10.0. The summed E-state index contributed by atoms with van der Waals surface area (Å²) in [5, 5.41) is 4.83. The number of amides is 2. The lowest BCUT2D eigenvalue weighted by Crippen LogP contribution is -2.39.